The van der Waals surface area contributed by atoms with Gasteiger partial charge in [0.1, 0.15) is 0 Å². The molecule has 0 aliphatic heterocycles. The normalized spacial score (nSPS) is 16.6. The molecule has 0 amide bonds. The van der Waals surface area contributed by atoms with Gasteiger partial charge in [-0.3, -0.25) is 4.79 Å². The number of carbonyl (C=O) groups is 1. The van der Waals surface area contributed by atoms with E-state index in [9.17, 15) is 9.90 Å². The molecule has 1 N–H and O–H groups in total. The van der Waals surface area contributed by atoms with Gasteiger partial charge in [-0.1, -0.05) is 22.0 Å². The van der Waals surface area contributed by atoms with Crippen LogP contribution in [0.25, 0.3) is 0 Å². The molecule has 0 unspecified atom stereocenters. The molecule has 104 valence electrons. The Morgan fingerprint density at radius 1 is 1.47 bits per heavy atom. The van der Waals surface area contributed by atoms with E-state index in [4.69, 9.17) is 0 Å². The number of aliphatic carboxylic acids is 1. The number of likely N-dealkylation sites (N-methyl/N-ethyl adjacent to an activating group) is 1. The summed E-state index contributed by atoms with van der Waals surface area (Å²) in [6.45, 7) is 3.67. The molecule has 0 bridgehead atoms. The molecule has 1 saturated carbocycles. The summed E-state index contributed by atoms with van der Waals surface area (Å²) in [5, 5.41) is 9.19. The molecule has 1 aromatic rings. The van der Waals surface area contributed by atoms with Gasteiger partial charge in [-0.25, -0.2) is 0 Å². The molecule has 2 rings (SSSR count). The summed E-state index contributed by atoms with van der Waals surface area (Å²) in [4.78, 5) is 13.3. The van der Waals surface area contributed by atoms with Gasteiger partial charge in [-0.15, -0.1) is 0 Å². The highest BCUT2D eigenvalue weighted by Gasteiger charge is 2.50. The third-order valence-corrected chi connectivity index (χ3v) is 4.45. The van der Waals surface area contributed by atoms with Crippen molar-refractivity contribution >= 4 is 21.9 Å². The average Bonchev–Trinajstić information content (AvgIpc) is 3.11. The van der Waals surface area contributed by atoms with Crippen LogP contribution in [0, 0.1) is 12.3 Å². The Morgan fingerprint density at radius 2 is 2.16 bits per heavy atom. The van der Waals surface area contributed by atoms with Crippen LogP contribution in [0.3, 0.4) is 0 Å². The van der Waals surface area contributed by atoms with Gasteiger partial charge < -0.3 is 10.0 Å². The SMILES string of the molecule is Cc1ccc(Br)cc1CCN(C)CC1(C(=O)O)CC1. The molecule has 0 atom stereocenters. The number of carboxylic acid groups (broad SMARTS) is 1. The summed E-state index contributed by atoms with van der Waals surface area (Å²) in [6, 6.07) is 6.30. The molecule has 0 heterocycles. The lowest BCUT2D eigenvalue weighted by Gasteiger charge is -2.21. The van der Waals surface area contributed by atoms with Crippen LogP contribution in [0.15, 0.2) is 22.7 Å². The molecule has 1 aliphatic rings. The van der Waals surface area contributed by atoms with Crippen molar-refractivity contribution in [2.45, 2.75) is 26.2 Å². The zero-order chi connectivity index (χ0) is 14.0. The molecular weight excluding hydrogens is 306 g/mol. The van der Waals surface area contributed by atoms with E-state index in [2.05, 4.69) is 39.9 Å². The minimum Gasteiger partial charge on any atom is -0.481 e. The minimum absolute atomic E-state index is 0.457. The molecular formula is C15H20BrNO2. The smallest absolute Gasteiger partial charge is 0.310 e. The van der Waals surface area contributed by atoms with E-state index in [-0.39, 0.29) is 0 Å². The van der Waals surface area contributed by atoms with E-state index in [1.165, 1.54) is 11.1 Å². The fraction of sp³-hybridized carbons (Fsp3) is 0.533. The Morgan fingerprint density at radius 3 is 2.74 bits per heavy atom. The molecule has 0 aromatic heterocycles. The second-order valence-electron chi connectivity index (χ2n) is 5.64. The van der Waals surface area contributed by atoms with Crippen molar-refractivity contribution in [3.8, 4) is 0 Å². The van der Waals surface area contributed by atoms with Crippen molar-refractivity contribution in [2.75, 3.05) is 20.1 Å². The number of hydrogen-bond donors (Lipinski definition) is 1. The topological polar surface area (TPSA) is 40.5 Å². The average molecular weight is 326 g/mol. The lowest BCUT2D eigenvalue weighted by Crippen LogP contribution is -2.33. The Bertz CT molecular complexity index is 483. The molecule has 0 saturated heterocycles. The number of rotatable bonds is 6. The maximum absolute atomic E-state index is 11.2. The van der Waals surface area contributed by atoms with Gasteiger partial charge in [0, 0.05) is 17.6 Å². The van der Waals surface area contributed by atoms with Crippen LogP contribution in [0.4, 0.5) is 0 Å². The summed E-state index contributed by atoms with van der Waals surface area (Å²) < 4.78 is 1.10. The largest absolute Gasteiger partial charge is 0.481 e. The van der Waals surface area contributed by atoms with Gasteiger partial charge >= 0.3 is 5.97 Å². The molecule has 19 heavy (non-hydrogen) atoms. The van der Waals surface area contributed by atoms with Gasteiger partial charge in [-0.2, -0.15) is 0 Å². The molecule has 3 nitrogen and oxygen atoms in total. The van der Waals surface area contributed by atoms with Crippen molar-refractivity contribution in [1.82, 2.24) is 4.90 Å². The minimum atomic E-state index is -0.641. The fourth-order valence-electron chi connectivity index (χ4n) is 2.41. The Labute approximate surface area is 122 Å². The van der Waals surface area contributed by atoms with Crippen LogP contribution in [-0.2, 0) is 11.2 Å². The number of benzene rings is 1. The van der Waals surface area contributed by atoms with E-state index < -0.39 is 11.4 Å². The van der Waals surface area contributed by atoms with E-state index in [0.29, 0.717) is 6.54 Å². The van der Waals surface area contributed by atoms with Crippen molar-refractivity contribution in [2.24, 2.45) is 5.41 Å². The number of hydrogen-bond acceptors (Lipinski definition) is 2. The fourth-order valence-corrected chi connectivity index (χ4v) is 2.82. The van der Waals surface area contributed by atoms with E-state index in [1.54, 1.807) is 0 Å². The molecule has 1 fully saturated rings. The first-order valence-electron chi connectivity index (χ1n) is 6.60. The van der Waals surface area contributed by atoms with Crippen LogP contribution in [0.2, 0.25) is 0 Å². The first-order chi connectivity index (χ1) is 8.93. The molecule has 4 heteroatoms. The number of aryl methyl sites for hydroxylation is 1. The van der Waals surface area contributed by atoms with Crippen molar-refractivity contribution in [3.63, 3.8) is 0 Å². The predicted octanol–water partition coefficient (Wildman–Crippen LogP) is 3.10. The lowest BCUT2D eigenvalue weighted by atomic mass is 10.0. The number of halogens is 1. The summed E-state index contributed by atoms with van der Waals surface area (Å²) in [5.74, 6) is -0.641. The van der Waals surface area contributed by atoms with Gasteiger partial charge in [0.15, 0.2) is 0 Å². The van der Waals surface area contributed by atoms with Gasteiger partial charge in [0.2, 0.25) is 0 Å². The highest BCUT2D eigenvalue weighted by Crippen LogP contribution is 2.46. The van der Waals surface area contributed by atoms with Crippen LogP contribution >= 0.6 is 15.9 Å². The first-order valence-corrected chi connectivity index (χ1v) is 7.39. The molecule has 1 aromatic carbocycles. The Hall–Kier alpha value is -0.870. The van der Waals surface area contributed by atoms with Crippen molar-refractivity contribution < 1.29 is 9.90 Å². The maximum Gasteiger partial charge on any atom is 0.310 e. The lowest BCUT2D eigenvalue weighted by molar-refractivity contribution is -0.144. The number of nitrogens with zero attached hydrogens (tertiary/aromatic N) is 1. The third kappa shape index (κ3) is 3.57. The molecule has 0 spiro atoms. The highest BCUT2D eigenvalue weighted by atomic mass is 79.9. The standard InChI is InChI=1S/C15H20BrNO2/c1-11-3-4-13(16)9-12(11)5-8-17(2)10-15(6-7-15)14(18)19/h3-4,9H,5-8,10H2,1-2H3,(H,18,19). The van der Waals surface area contributed by atoms with Crippen LogP contribution < -0.4 is 0 Å². The molecule has 1 aliphatic carbocycles. The molecule has 0 radical (unpaired) electrons. The zero-order valence-corrected chi connectivity index (χ0v) is 13.0. The van der Waals surface area contributed by atoms with Crippen LogP contribution in [0.1, 0.15) is 24.0 Å². The Balaban J connectivity index is 1.88. The first kappa shape index (κ1) is 14.5. The summed E-state index contributed by atoms with van der Waals surface area (Å²) in [5.41, 5.74) is 2.15. The summed E-state index contributed by atoms with van der Waals surface area (Å²) in [7, 11) is 2.01. The Kier molecular flexibility index (Phi) is 4.31. The van der Waals surface area contributed by atoms with Crippen molar-refractivity contribution in [1.29, 1.82) is 0 Å². The van der Waals surface area contributed by atoms with Crippen LogP contribution in [-0.4, -0.2) is 36.1 Å². The highest BCUT2D eigenvalue weighted by molar-refractivity contribution is 9.10. The predicted molar refractivity (Wildman–Crippen MR) is 79.4 cm³/mol. The van der Waals surface area contributed by atoms with Gasteiger partial charge in [-0.05, 0) is 56.5 Å². The second-order valence-corrected chi connectivity index (χ2v) is 6.56. The maximum atomic E-state index is 11.2. The number of carboxylic acids is 1. The van der Waals surface area contributed by atoms with Gasteiger partial charge in [0.05, 0.1) is 5.41 Å². The zero-order valence-electron chi connectivity index (χ0n) is 11.4. The second kappa shape index (κ2) is 5.63. The van der Waals surface area contributed by atoms with E-state index in [1.807, 2.05) is 13.1 Å². The van der Waals surface area contributed by atoms with Gasteiger partial charge in [0.25, 0.3) is 0 Å². The van der Waals surface area contributed by atoms with Crippen LogP contribution in [0.5, 0.6) is 0 Å². The third-order valence-electron chi connectivity index (χ3n) is 3.95. The van der Waals surface area contributed by atoms with Crippen molar-refractivity contribution in [3.05, 3.63) is 33.8 Å². The summed E-state index contributed by atoms with van der Waals surface area (Å²) >= 11 is 3.49. The monoisotopic (exact) mass is 325 g/mol. The van der Waals surface area contributed by atoms with E-state index >= 15 is 0 Å². The quantitative estimate of drug-likeness (QED) is 0.873. The summed E-state index contributed by atoms with van der Waals surface area (Å²) in [6.07, 6.45) is 2.60. The van der Waals surface area contributed by atoms with E-state index in [0.717, 1.165) is 30.3 Å².